The lowest BCUT2D eigenvalue weighted by atomic mass is 10.1. The maximum absolute atomic E-state index is 12.7. The van der Waals surface area contributed by atoms with E-state index in [-0.39, 0.29) is 5.76 Å². The summed E-state index contributed by atoms with van der Waals surface area (Å²) in [7, 11) is -4.41. The van der Waals surface area contributed by atoms with Crippen LogP contribution in [-0.2, 0) is 16.2 Å². The molecule has 0 atom stereocenters. The van der Waals surface area contributed by atoms with Crippen molar-refractivity contribution in [2.24, 2.45) is 0 Å². The highest BCUT2D eigenvalue weighted by molar-refractivity contribution is 7.89. The highest BCUT2D eigenvalue weighted by Gasteiger charge is 2.31. The summed E-state index contributed by atoms with van der Waals surface area (Å²) in [6.07, 6.45) is -4.69. The first kappa shape index (κ1) is 18.9. The number of hydrogen-bond acceptors (Lipinski definition) is 4. The van der Waals surface area contributed by atoms with Gasteiger partial charge in [0.15, 0.2) is 5.76 Å². The van der Waals surface area contributed by atoms with Crippen molar-refractivity contribution in [2.75, 3.05) is 0 Å². The minimum absolute atomic E-state index is 0.108. The second-order valence-corrected chi connectivity index (χ2v) is 7.32. The van der Waals surface area contributed by atoms with Gasteiger partial charge in [0.1, 0.15) is 5.58 Å². The molecule has 3 aromatic rings. The standard InChI is InChI=1S/C17H13F3N2O4S/c1-10-13-7-2-3-8-14(13)26-15(10)16(23)21-22-27(24,25)12-6-4-5-11(9-12)17(18,19)20/h2-9,22H,1H3,(H,21,23). The van der Waals surface area contributed by atoms with Crippen molar-refractivity contribution in [2.45, 2.75) is 18.0 Å². The zero-order valence-corrected chi connectivity index (χ0v) is 14.6. The Hall–Kier alpha value is -2.85. The van der Waals surface area contributed by atoms with E-state index >= 15 is 0 Å². The predicted octanol–water partition coefficient (Wildman–Crippen LogP) is 3.38. The Labute approximate surface area is 152 Å². The van der Waals surface area contributed by atoms with Gasteiger partial charge >= 0.3 is 12.1 Å². The van der Waals surface area contributed by atoms with Crippen LogP contribution in [0.3, 0.4) is 0 Å². The smallest absolute Gasteiger partial charge is 0.416 e. The van der Waals surface area contributed by atoms with Crippen LogP contribution in [0.2, 0.25) is 0 Å². The molecule has 0 radical (unpaired) electrons. The van der Waals surface area contributed by atoms with E-state index in [2.05, 4.69) is 0 Å². The van der Waals surface area contributed by atoms with Crippen molar-refractivity contribution in [1.29, 1.82) is 0 Å². The summed E-state index contributed by atoms with van der Waals surface area (Å²) in [6.45, 7) is 1.63. The number of nitrogens with one attached hydrogen (secondary N) is 2. The largest absolute Gasteiger partial charge is 0.451 e. The van der Waals surface area contributed by atoms with Gasteiger partial charge in [-0.1, -0.05) is 24.3 Å². The fourth-order valence-electron chi connectivity index (χ4n) is 2.46. The number of hydrazine groups is 1. The van der Waals surface area contributed by atoms with Gasteiger partial charge in [-0.15, -0.1) is 4.83 Å². The number of hydrogen-bond donors (Lipinski definition) is 2. The summed E-state index contributed by atoms with van der Waals surface area (Å²) in [5.41, 5.74) is 1.77. The van der Waals surface area contributed by atoms with Crippen LogP contribution in [0.4, 0.5) is 13.2 Å². The number of para-hydroxylation sites is 1. The van der Waals surface area contributed by atoms with Gasteiger partial charge in [0.2, 0.25) is 0 Å². The van der Waals surface area contributed by atoms with Crippen LogP contribution >= 0.6 is 0 Å². The van der Waals surface area contributed by atoms with Crippen molar-refractivity contribution < 1.29 is 30.8 Å². The maximum atomic E-state index is 12.7. The van der Waals surface area contributed by atoms with E-state index < -0.39 is 32.6 Å². The fraction of sp³-hybridized carbons (Fsp3) is 0.118. The van der Waals surface area contributed by atoms with Crippen molar-refractivity contribution in [3.8, 4) is 0 Å². The lowest BCUT2D eigenvalue weighted by Crippen LogP contribution is -2.41. The number of sulfonamides is 1. The second kappa shape index (κ2) is 6.71. The number of carbonyl (C=O) groups is 1. The minimum Gasteiger partial charge on any atom is -0.451 e. The summed E-state index contributed by atoms with van der Waals surface area (Å²) in [4.78, 5) is 13.4. The molecule has 3 rings (SSSR count). The lowest BCUT2D eigenvalue weighted by Gasteiger charge is -2.10. The van der Waals surface area contributed by atoms with E-state index in [9.17, 15) is 26.4 Å². The number of aryl methyl sites for hydroxylation is 1. The van der Waals surface area contributed by atoms with Gasteiger partial charge in [0.05, 0.1) is 10.5 Å². The van der Waals surface area contributed by atoms with Gasteiger partial charge in [0.25, 0.3) is 10.0 Å². The molecule has 0 fully saturated rings. The van der Waals surface area contributed by atoms with Crippen LogP contribution < -0.4 is 10.3 Å². The third-order valence-corrected chi connectivity index (χ3v) is 5.07. The number of alkyl halides is 3. The molecular weight excluding hydrogens is 385 g/mol. The zero-order chi connectivity index (χ0) is 19.8. The zero-order valence-electron chi connectivity index (χ0n) is 13.8. The normalized spacial score (nSPS) is 12.3. The van der Waals surface area contributed by atoms with E-state index in [1.807, 2.05) is 5.43 Å². The van der Waals surface area contributed by atoms with Crippen molar-refractivity contribution in [3.05, 3.63) is 65.4 Å². The molecule has 0 aliphatic carbocycles. The molecule has 6 nitrogen and oxygen atoms in total. The molecule has 27 heavy (non-hydrogen) atoms. The number of carbonyl (C=O) groups excluding carboxylic acids is 1. The fourth-order valence-corrected chi connectivity index (χ4v) is 3.34. The maximum Gasteiger partial charge on any atom is 0.416 e. The Morgan fingerprint density at radius 2 is 1.78 bits per heavy atom. The summed E-state index contributed by atoms with van der Waals surface area (Å²) < 4.78 is 68.0. The van der Waals surface area contributed by atoms with Gasteiger partial charge in [0, 0.05) is 10.9 Å². The summed E-state index contributed by atoms with van der Waals surface area (Å²) in [5, 5.41) is 0.684. The van der Waals surface area contributed by atoms with Crippen LogP contribution in [0.5, 0.6) is 0 Å². The van der Waals surface area contributed by atoms with Gasteiger partial charge < -0.3 is 4.42 Å². The van der Waals surface area contributed by atoms with Crippen LogP contribution in [0.25, 0.3) is 11.0 Å². The third kappa shape index (κ3) is 3.81. The molecule has 0 bridgehead atoms. The van der Waals surface area contributed by atoms with Crippen LogP contribution in [0.1, 0.15) is 21.7 Å². The average molecular weight is 398 g/mol. The molecule has 0 saturated carbocycles. The van der Waals surface area contributed by atoms with E-state index in [4.69, 9.17) is 4.42 Å². The van der Waals surface area contributed by atoms with Crippen molar-refractivity contribution in [1.82, 2.24) is 10.3 Å². The lowest BCUT2D eigenvalue weighted by molar-refractivity contribution is -0.137. The molecular formula is C17H13F3N2O4S. The molecule has 0 spiro atoms. The first-order valence-corrected chi connectivity index (χ1v) is 9.05. The molecule has 0 aliphatic rings. The number of benzene rings is 2. The number of amides is 1. The molecule has 0 saturated heterocycles. The summed E-state index contributed by atoms with van der Waals surface area (Å²) in [5.74, 6) is -0.984. The van der Waals surface area contributed by atoms with Crippen molar-refractivity contribution >= 4 is 26.9 Å². The Bertz CT molecular complexity index is 1120. The van der Waals surface area contributed by atoms with Crippen LogP contribution in [0.15, 0.2) is 57.8 Å². The Balaban J connectivity index is 1.81. The second-order valence-electron chi connectivity index (χ2n) is 5.64. The van der Waals surface area contributed by atoms with Gasteiger partial charge in [-0.2, -0.15) is 13.2 Å². The Kier molecular flexibility index (Phi) is 4.70. The van der Waals surface area contributed by atoms with Crippen LogP contribution in [-0.4, -0.2) is 14.3 Å². The Morgan fingerprint density at radius 3 is 2.44 bits per heavy atom. The molecule has 1 amide bonds. The van der Waals surface area contributed by atoms with Gasteiger partial charge in [-0.25, -0.2) is 8.42 Å². The number of rotatable bonds is 4. The minimum atomic E-state index is -4.69. The third-order valence-electron chi connectivity index (χ3n) is 3.82. The molecule has 10 heteroatoms. The number of halogens is 3. The van der Waals surface area contributed by atoms with Crippen LogP contribution in [0, 0.1) is 6.92 Å². The van der Waals surface area contributed by atoms with Gasteiger partial charge in [-0.05, 0) is 31.2 Å². The van der Waals surface area contributed by atoms with E-state index in [1.165, 1.54) is 0 Å². The average Bonchev–Trinajstić information content (AvgIpc) is 2.96. The Morgan fingerprint density at radius 1 is 1.07 bits per heavy atom. The summed E-state index contributed by atoms with van der Waals surface area (Å²) in [6, 6.07) is 10.0. The van der Waals surface area contributed by atoms with Crippen molar-refractivity contribution in [3.63, 3.8) is 0 Å². The topological polar surface area (TPSA) is 88.4 Å². The number of fused-ring (bicyclic) bond motifs is 1. The molecule has 0 unspecified atom stereocenters. The molecule has 2 N–H and O–H groups in total. The molecule has 2 aromatic carbocycles. The molecule has 1 aromatic heterocycles. The highest BCUT2D eigenvalue weighted by Crippen LogP contribution is 2.30. The van der Waals surface area contributed by atoms with E-state index in [0.717, 1.165) is 18.2 Å². The monoisotopic (exact) mass is 398 g/mol. The summed E-state index contributed by atoms with van der Waals surface area (Å²) >= 11 is 0. The molecule has 0 aliphatic heterocycles. The first-order chi connectivity index (χ1) is 12.6. The quantitative estimate of drug-likeness (QED) is 0.660. The molecule has 142 valence electrons. The SMILES string of the molecule is Cc1c(C(=O)NNS(=O)(=O)c2cccc(C(F)(F)F)c2)oc2ccccc12. The predicted molar refractivity (Wildman–Crippen MR) is 90.2 cm³/mol. The van der Waals surface area contributed by atoms with Gasteiger partial charge in [-0.3, -0.25) is 10.2 Å². The number of furan rings is 1. The first-order valence-electron chi connectivity index (χ1n) is 7.57. The van der Waals surface area contributed by atoms with E-state index in [0.29, 0.717) is 22.6 Å². The molecule has 1 heterocycles. The highest BCUT2D eigenvalue weighted by atomic mass is 32.2. The van der Waals surface area contributed by atoms with E-state index in [1.54, 1.807) is 36.0 Å².